The molecule has 7 nitrogen and oxygen atoms in total. The van der Waals surface area contributed by atoms with Crippen LogP contribution in [-0.2, 0) is 4.79 Å². The van der Waals surface area contributed by atoms with Crippen molar-refractivity contribution >= 4 is 39.8 Å². The monoisotopic (exact) mass is 432 g/mol. The lowest BCUT2D eigenvalue weighted by molar-refractivity contribution is -0.119. The van der Waals surface area contributed by atoms with Gasteiger partial charge in [-0.3, -0.25) is 4.79 Å². The average Bonchev–Trinajstić information content (AvgIpc) is 3.18. The predicted molar refractivity (Wildman–Crippen MR) is 110 cm³/mol. The molecule has 1 atom stereocenters. The molecule has 2 N–H and O–H groups in total. The van der Waals surface area contributed by atoms with Crippen molar-refractivity contribution in [3.63, 3.8) is 0 Å². The van der Waals surface area contributed by atoms with Gasteiger partial charge in [0.2, 0.25) is 11.0 Å². The zero-order valence-electron chi connectivity index (χ0n) is 15.1. The van der Waals surface area contributed by atoms with Gasteiger partial charge in [0.05, 0.1) is 12.3 Å². The van der Waals surface area contributed by atoms with Gasteiger partial charge in [-0.05, 0) is 30.3 Å². The number of amides is 1. The Morgan fingerprint density at radius 2 is 2.07 bits per heavy atom. The van der Waals surface area contributed by atoms with Gasteiger partial charge in [0.1, 0.15) is 18.5 Å². The number of carbonyl (C=O) groups excluding carboxylic acids is 1. The fourth-order valence-electron chi connectivity index (χ4n) is 2.58. The number of halogens is 1. The lowest BCUT2D eigenvalue weighted by Gasteiger charge is -2.26. The van der Waals surface area contributed by atoms with Crippen molar-refractivity contribution in [2.45, 2.75) is 10.4 Å². The fraction of sp³-hybridized carbons (Fsp3) is 0.211. The van der Waals surface area contributed by atoms with Gasteiger partial charge in [-0.15, -0.1) is 10.2 Å². The summed E-state index contributed by atoms with van der Waals surface area (Å²) in [5, 5.41) is 14.4. The summed E-state index contributed by atoms with van der Waals surface area (Å²) in [5.74, 6) is 1.14. The molecule has 0 spiro atoms. The number of nitrogens with one attached hydrogen (secondary N) is 2. The van der Waals surface area contributed by atoms with Crippen LogP contribution in [0, 0.1) is 5.82 Å². The lowest BCUT2D eigenvalue weighted by atomic mass is 10.2. The van der Waals surface area contributed by atoms with E-state index in [1.807, 2.05) is 24.3 Å². The maximum Gasteiger partial charge on any atom is 0.230 e. The van der Waals surface area contributed by atoms with Gasteiger partial charge in [-0.2, -0.15) is 0 Å². The van der Waals surface area contributed by atoms with Crippen LogP contribution in [0.4, 0.5) is 15.2 Å². The van der Waals surface area contributed by atoms with E-state index in [4.69, 9.17) is 9.47 Å². The van der Waals surface area contributed by atoms with Crippen LogP contribution in [0.1, 0.15) is 0 Å². The van der Waals surface area contributed by atoms with Crippen molar-refractivity contribution in [3.05, 3.63) is 54.3 Å². The maximum atomic E-state index is 13.2. The quantitative estimate of drug-likeness (QED) is 0.553. The molecule has 1 aliphatic heterocycles. The van der Waals surface area contributed by atoms with E-state index in [2.05, 4.69) is 20.8 Å². The first-order chi connectivity index (χ1) is 14.2. The molecule has 1 unspecified atom stereocenters. The summed E-state index contributed by atoms with van der Waals surface area (Å²) >= 11 is 2.58. The second-order valence-corrected chi connectivity index (χ2v) is 8.30. The highest BCUT2D eigenvalue weighted by Crippen LogP contribution is 2.31. The minimum atomic E-state index is -0.332. The number of rotatable bonds is 7. The van der Waals surface area contributed by atoms with Crippen molar-refractivity contribution in [1.82, 2.24) is 15.5 Å². The Morgan fingerprint density at radius 3 is 2.93 bits per heavy atom. The molecule has 1 aliphatic rings. The van der Waals surface area contributed by atoms with E-state index in [1.165, 1.54) is 35.2 Å². The third-order valence-corrected chi connectivity index (χ3v) is 5.88. The number of hydrogen-bond acceptors (Lipinski definition) is 8. The number of para-hydroxylation sites is 2. The normalized spacial score (nSPS) is 15.0. The molecule has 29 heavy (non-hydrogen) atoms. The molecule has 1 aromatic heterocycles. The van der Waals surface area contributed by atoms with E-state index >= 15 is 0 Å². The Hall–Kier alpha value is -2.85. The zero-order valence-corrected chi connectivity index (χ0v) is 16.8. The molecule has 2 aromatic carbocycles. The second-order valence-electron chi connectivity index (χ2n) is 6.10. The van der Waals surface area contributed by atoms with Crippen LogP contribution in [0.5, 0.6) is 11.5 Å². The smallest absolute Gasteiger partial charge is 0.230 e. The number of fused-ring (bicyclic) bond motifs is 1. The topological polar surface area (TPSA) is 85.4 Å². The standard InChI is InChI=1S/C19H17FN4O3S2/c20-12-4-3-5-13(8-12)22-18-23-24-19(29-18)28-11-17(25)21-9-14-10-26-15-6-1-2-7-16(15)27-14/h1-8,14H,9-11H2,(H,21,25)(H,22,23). The summed E-state index contributed by atoms with van der Waals surface area (Å²) in [6.07, 6.45) is -0.234. The SMILES string of the molecule is O=C(CSc1nnc(Nc2cccc(F)c2)s1)NCC1COc2ccccc2O1. The minimum absolute atomic E-state index is 0.132. The molecule has 1 amide bonds. The molecule has 0 aliphatic carbocycles. The third-order valence-electron chi connectivity index (χ3n) is 3.90. The number of hydrogen-bond donors (Lipinski definition) is 2. The highest BCUT2D eigenvalue weighted by molar-refractivity contribution is 8.01. The van der Waals surface area contributed by atoms with Gasteiger partial charge in [0.25, 0.3) is 0 Å². The Balaban J connectivity index is 1.21. The lowest BCUT2D eigenvalue weighted by Crippen LogP contribution is -2.41. The molecule has 4 rings (SSSR count). The Bertz CT molecular complexity index is 1000. The van der Waals surface area contributed by atoms with E-state index in [9.17, 15) is 9.18 Å². The van der Waals surface area contributed by atoms with Crippen molar-refractivity contribution in [1.29, 1.82) is 0 Å². The van der Waals surface area contributed by atoms with Crippen LogP contribution in [0.25, 0.3) is 0 Å². The van der Waals surface area contributed by atoms with E-state index in [1.54, 1.807) is 12.1 Å². The summed E-state index contributed by atoms with van der Waals surface area (Å²) in [6.45, 7) is 0.742. The highest BCUT2D eigenvalue weighted by Gasteiger charge is 2.21. The molecule has 10 heteroatoms. The fourth-order valence-corrected chi connectivity index (χ4v) is 4.18. The molecular formula is C19H17FN4O3S2. The largest absolute Gasteiger partial charge is 0.486 e. The van der Waals surface area contributed by atoms with E-state index < -0.39 is 0 Å². The van der Waals surface area contributed by atoms with Crippen molar-refractivity contribution in [2.24, 2.45) is 0 Å². The zero-order chi connectivity index (χ0) is 20.1. The summed E-state index contributed by atoms with van der Waals surface area (Å²) in [5.41, 5.74) is 0.590. The van der Waals surface area contributed by atoms with Crippen LogP contribution in [0.2, 0.25) is 0 Å². The molecular weight excluding hydrogens is 415 g/mol. The third kappa shape index (κ3) is 5.36. The summed E-state index contributed by atoms with van der Waals surface area (Å²) in [4.78, 5) is 12.1. The predicted octanol–water partition coefficient (Wildman–Crippen LogP) is 3.47. The van der Waals surface area contributed by atoms with E-state index in [0.29, 0.717) is 39.8 Å². The van der Waals surface area contributed by atoms with E-state index in [-0.39, 0.29) is 23.6 Å². The van der Waals surface area contributed by atoms with Gasteiger partial charge < -0.3 is 20.1 Å². The number of thioether (sulfide) groups is 1. The summed E-state index contributed by atoms with van der Waals surface area (Å²) in [7, 11) is 0. The number of aromatic nitrogens is 2. The number of benzene rings is 2. The van der Waals surface area contributed by atoms with Gasteiger partial charge in [0, 0.05) is 5.69 Å². The minimum Gasteiger partial charge on any atom is -0.486 e. The number of ether oxygens (including phenoxy) is 2. The molecule has 0 saturated carbocycles. The first kappa shape index (κ1) is 19.5. The first-order valence-electron chi connectivity index (χ1n) is 8.80. The summed E-state index contributed by atoms with van der Waals surface area (Å²) in [6, 6.07) is 13.5. The Morgan fingerprint density at radius 1 is 1.21 bits per heavy atom. The van der Waals surface area contributed by atoms with Crippen molar-refractivity contribution < 1.29 is 18.7 Å². The molecule has 0 radical (unpaired) electrons. The number of nitrogens with zero attached hydrogens (tertiary/aromatic N) is 2. The molecule has 0 saturated heterocycles. The molecule has 2 heterocycles. The van der Waals surface area contributed by atoms with Crippen molar-refractivity contribution in [3.8, 4) is 11.5 Å². The Kier molecular flexibility index (Phi) is 6.11. The molecule has 0 bridgehead atoms. The van der Waals surface area contributed by atoms with Crippen LogP contribution in [-0.4, -0.2) is 41.1 Å². The van der Waals surface area contributed by atoms with Crippen molar-refractivity contribution in [2.75, 3.05) is 24.2 Å². The molecule has 0 fully saturated rings. The molecule has 3 aromatic rings. The van der Waals surface area contributed by atoms with Crippen LogP contribution < -0.4 is 20.1 Å². The van der Waals surface area contributed by atoms with Gasteiger partial charge in [0.15, 0.2) is 15.8 Å². The first-order valence-corrected chi connectivity index (χ1v) is 10.6. The van der Waals surface area contributed by atoms with Gasteiger partial charge in [-0.1, -0.05) is 41.3 Å². The van der Waals surface area contributed by atoms with Crippen LogP contribution in [0.3, 0.4) is 0 Å². The molecule has 150 valence electrons. The Labute approximate surface area is 174 Å². The average molecular weight is 433 g/mol. The van der Waals surface area contributed by atoms with E-state index in [0.717, 1.165) is 0 Å². The van der Waals surface area contributed by atoms with Crippen LogP contribution >= 0.6 is 23.1 Å². The maximum absolute atomic E-state index is 13.2. The number of carbonyl (C=O) groups is 1. The van der Waals surface area contributed by atoms with Gasteiger partial charge in [-0.25, -0.2) is 4.39 Å². The summed E-state index contributed by atoms with van der Waals surface area (Å²) < 4.78 is 25.3. The highest BCUT2D eigenvalue weighted by atomic mass is 32.2. The second kappa shape index (κ2) is 9.10. The van der Waals surface area contributed by atoms with Crippen LogP contribution in [0.15, 0.2) is 52.9 Å². The number of anilines is 2. The van der Waals surface area contributed by atoms with Gasteiger partial charge >= 0.3 is 0 Å².